The summed E-state index contributed by atoms with van der Waals surface area (Å²) in [7, 11) is -4.22. The van der Waals surface area contributed by atoms with E-state index in [1.165, 1.54) is 18.2 Å². The number of hydrogen-bond acceptors (Lipinski definition) is 12. The summed E-state index contributed by atoms with van der Waals surface area (Å²) in [6, 6.07) is 13.5. The third-order valence-corrected chi connectivity index (χ3v) is 8.33. The quantitative estimate of drug-likeness (QED) is 0.113. The van der Waals surface area contributed by atoms with E-state index in [1.807, 2.05) is 0 Å². The summed E-state index contributed by atoms with van der Waals surface area (Å²) in [6.07, 6.45) is -3.82. The van der Waals surface area contributed by atoms with Crippen LogP contribution in [0.4, 0.5) is 20.3 Å². The van der Waals surface area contributed by atoms with Gasteiger partial charge in [-0.1, -0.05) is 13.0 Å². The van der Waals surface area contributed by atoms with Crippen molar-refractivity contribution in [2.24, 2.45) is 0 Å². The highest BCUT2D eigenvalue weighted by Gasteiger charge is 2.60. The van der Waals surface area contributed by atoms with Crippen LogP contribution in [0, 0.1) is 10.1 Å². The smallest absolute Gasteiger partial charge is 0.405 e. The Labute approximate surface area is 253 Å². The number of nitrogens with two attached hydrogens (primary N) is 1. The molecule has 4 atom stereocenters. The van der Waals surface area contributed by atoms with Crippen LogP contribution in [0.15, 0.2) is 71.8 Å². The van der Waals surface area contributed by atoms with Gasteiger partial charge in [0.05, 0.1) is 23.7 Å². The molecule has 18 heteroatoms. The van der Waals surface area contributed by atoms with Gasteiger partial charge in [-0.2, -0.15) is 13.8 Å². The van der Waals surface area contributed by atoms with E-state index >= 15 is 0 Å². The zero-order valence-electron chi connectivity index (χ0n) is 23.5. The Morgan fingerprint density at radius 3 is 2.76 bits per heavy atom. The fraction of sp³-hybridized carbons (Fsp3) is 0.296. The first kappa shape index (κ1) is 32.0. The van der Waals surface area contributed by atoms with Crippen LogP contribution in [0.25, 0.3) is 10.9 Å². The Bertz CT molecular complexity index is 1830. The van der Waals surface area contributed by atoms with Crippen molar-refractivity contribution in [3.05, 3.63) is 93.2 Å². The molecule has 1 aliphatic heterocycles. The highest BCUT2D eigenvalue weighted by Crippen LogP contribution is 2.48. The second kappa shape index (κ2) is 12.9. The average molecular weight is 649 g/mol. The van der Waals surface area contributed by atoms with E-state index in [4.69, 9.17) is 24.3 Å². The standard InChI is InChI=1S/C27H27F2N6O9P/c1-2-32-45(40,42-15-22-24(36)27(28,29)25(44-22)34-11-9-23(30)33-26(34)37)41-14-16-5-8-20(35(38)39)21(12-16)43-18-6-7-19-17(13-18)4-3-10-31-19/h3-13,22,24-25,36H,2,14-15H2,1H3,(H,32,40)(H2,30,33,37). The van der Waals surface area contributed by atoms with E-state index < -0.39 is 55.9 Å². The first-order chi connectivity index (χ1) is 21.4. The number of pyridine rings is 1. The lowest BCUT2D eigenvalue weighted by atomic mass is 10.1. The second-order valence-corrected chi connectivity index (χ2v) is 11.6. The summed E-state index contributed by atoms with van der Waals surface area (Å²) >= 11 is 0. The number of anilines is 1. The number of halogens is 2. The third kappa shape index (κ3) is 6.98. The van der Waals surface area contributed by atoms with Gasteiger partial charge in [-0.3, -0.25) is 28.7 Å². The van der Waals surface area contributed by atoms with Crippen LogP contribution >= 0.6 is 7.75 Å². The number of nitro benzene ring substituents is 1. The monoisotopic (exact) mass is 648 g/mol. The van der Waals surface area contributed by atoms with Gasteiger partial charge in [0, 0.05) is 30.4 Å². The molecule has 0 saturated carbocycles. The van der Waals surface area contributed by atoms with Crippen LogP contribution in [-0.2, 0) is 25.0 Å². The van der Waals surface area contributed by atoms with Gasteiger partial charge in [-0.05, 0) is 48.0 Å². The van der Waals surface area contributed by atoms with E-state index in [2.05, 4.69) is 15.1 Å². The summed E-state index contributed by atoms with van der Waals surface area (Å²) in [6.45, 7) is 0.434. The molecular formula is C27H27F2N6O9P. The number of nitrogen functional groups attached to an aromatic ring is 1. The number of nitro groups is 1. The molecule has 4 unspecified atom stereocenters. The van der Waals surface area contributed by atoms with E-state index in [0.717, 1.165) is 17.6 Å². The van der Waals surface area contributed by atoms with Gasteiger partial charge in [0.2, 0.25) is 12.0 Å². The predicted octanol–water partition coefficient (Wildman–Crippen LogP) is 3.92. The minimum Gasteiger partial charge on any atom is -0.450 e. The van der Waals surface area contributed by atoms with Gasteiger partial charge in [-0.15, -0.1) is 0 Å². The minimum absolute atomic E-state index is 0.0715. The Morgan fingerprint density at radius 1 is 1.22 bits per heavy atom. The molecule has 5 rings (SSSR count). The van der Waals surface area contributed by atoms with E-state index in [0.29, 0.717) is 21.4 Å². The van der Waals surface area contributed by atoms with Gasteiger partial charge in [0.15, 0.2) is 6.10 Å². The van der Waals surface area contributed by atoms with Crippen molar-refractivity contribution in [1.29, 1.82) is 0 Å². The normalized spacial score (nSPS) is 20.6. The molecule has 1 fully saturated rings. The van der Waals surface area contributed by atoms with Crippen LogP contribution < -0.4 is 21.2 Å². The second-order valence-electron chi connectivity index (χ2n) is 9.79. The molecule has 1 aliphatic rings. The molecule has 3 heterocycles. The van der Waals surface area contributed by atoms with Crippen molar-refractivity contribution in [3.8, 4) is 11.5 Å². The SMILES string of the molecule is CCNP(=O)(OCc1ccc([N+](=O)[O-])c(Oc2ccc3ncccc3c2)c1)OCC1OC(n2ccc(N)nc2=O)C(F)(F)C1O. The number of aromatic nitrogens is 3. The van der Waals surface area contributed by atoms with Crippen LogP contribution in [0.5, 0.6) is 11.5 Å². The summed E-state index contributed by atoms with van der Waals surface area (Å²) in [5.41, 5.74) is 4.95. The van der Waals surface area contributed by atoms with Crippen molar-refractivity contribution >= 4 is 30.2 Å². The first-order valence-electron chi connectivity index (χ1n) is 13.4. The number of aliphatic hydroxyl groups is 1. The molecule has 2 aromatic carbocycles. The number of hydrogen-bond donors (Lipinski definition) is 3. The molecule has 45 heavy (non-hydrogen) atoms. The number of nitrogens with zero attached hydrogens (tertiary/aromatic N) is 4. The molecular weight excluding hydrogens is 621 g/mol. The zero-order valence-corrected chi connectivity index (χ0v) is 24.4. The van der Waals surface area contributed by atoms with E-state index in [1.54, 1.807) is 43.5 Å². The van der Waals surface area contributed by atoms with Crippen LogP contribution in [0.3, 0.4) is 0 Å². The Hall–Kier alpha value is -4.38. The van der Waals surface area contributed by atoms with Crippen LogP contribution in [0.2, 0.25) is 0 Å². The molecule has 238 valence electrons. The maximum Gasteiger partial charge on any atom is 0.405 e. The van der Waals surface area contributed by atoms with Gasteiger partial charge < -0.3 is 20.3 Å². The van der Waals surface area contributed by atoms with Crippen molar-refractivity contribution in [2.45, 2.75) is 37.9 Å². The lowest BCUT2D eigenvalue weighted by Crippen LogP contribution is -2.42. The number of nitrogens with one attached hydrogen (secondary N) is 1. The van der Waals surface area contributed by atoms with Crippen LogP contribution in [-0.4, -0.2) is 55.8 Å². The van der Waals surface area contributed by atoms with Crippen molar-refractivity contribution in [1.82, 2.24) is 19.6 Å². The summed E-state index contributed by atoms with van der Waals surface area (Å²) in [5.74, 6) is -3.96. The van der Waals surface area contributed by atoms with Gasteiger partial charge in [0.1, 0.15) is 17.7 Å². The Balaban J connectivity index is 1.29. The van der Waals surface area contributed by atoms with Crippen LogP contribution in [0.1, 0.15) is 18.7 Å². The number of aliphatic hydroxyl groups excluding tert-OH is 1. The van der Waals surface area contributed by atoms with E-state index in [9.17, 15) is 33.4 Å². The van der Waals surface area contributed by atoms with Crippen molar-refractivity contribution in [3.63, 3.8) is 0 Å². The first-order valence-corrected chi connectivity index (χ1v) is 14.9. The molecule has 0 amide bonds. The highest BCUT2D eigenvalue weighted by molar-refractivity contribution is 7.51. The predicted molar refractivity (Wildman–Crippen MR) is 155 cm³/mol. The topological polar surface area (TPSA) is 203 Å². The maximum atomic E-state index is 14.9. The molecule has 15 nitrogen and oxygen atoms in total. The molecule has 0 spiro atoms. The molecule has 0 bridgehead atoms. The number of alkyl halides is 2. The average Bonchev–Trinajstić information content (AvgIpc) is 3.22. The fourth-order valence-electron chi connectivity index (χ4n) is 4.49. The zero-order chi connectivity index (χ0) is 32.4. The molecule has 1 saturated heterocycles. The van der Waals surface area contributed by atoms with Crippen molar-refractivity contribution < 1.29 is 41.9 Å². The summed E-state index contributed by atoms with van der Waals surface area (Å²) in [4.78, 5) is 30.8. The minimum atomic E-state index is -4.22. The summed E-state index contributed by atoms with van der Waals surface area (Å²) in [5, 5.41) is 25.2. The highest BCUT2D eigenvalue weighted by atomic mass is 31.2. The Morgan fingerprint density at radius 2 is 2.02 bits per heavy atom. The van der Waals surface area contributed by atoms with Crippen molar-refractivity contribution in [2.75, 3.05) is 18.9 Å². The lowest BCUT2D eigenvalue weighted by Gasteiger charge is -2.22. The van der Waals surface area contributed by atoms with E-state index in [-0.39, 0.29) is 23.8 Å². The molecule has 0 aliphatic carbocycles. The van der Waals surface area contributed by atoms with Gasteiger partial charge in [-0.25, -0.2) is 14.4 Å². The number of fused-ring (bicyclic) bond motifs is 1. The fourth-order valence-corrected chi connectivity index (χ4v) is 5.80. The number of ether oxygens (including phenoxy) is 2. The third-order valence-electron chi connectivity index (χ3n) is 6.67. The molecule has 4 N–H and O–H groups in total. The molecule has 2 aromatic heterocycles. The largest absolute Gasteiger partial charge is 0.450 e. The van der Waals surface area contributed by atoms with Gasteiger partial charge >= 0.3 is 25.0 Å². The Kier molecular flexibility index (Phi) is 9.20. The van der Waals surface area contributed by atoms with Gasteiger partial charge in [0.25, 0.3) is 0 Å². The number of rotatable bonds is 12. The number of benzene rings is 2. The molecule has 4 aromatic rings. The summed E-state index contributed by atoms with van der Waals surface area (Å²) < 4.78 is 65.6. The molecule has 0 radical (unpaired) electrons. The maximum absolute atomic E-state index is 14.9. The lowest BCUT2D eigenvalue weighted by molar-refractivity contribution is -0.385.